The zero-order valence-electron chi connectivity index (χ0n) is 18.3. The van der Waals surface area contributed by atoms with E-state index in [0.29, 0.717) is 49.2 Å². The van der Waals surface area contributed by atoms with Gasteiger partial charge in [0.05, 0.1) is 12.2 Å². The number of amides is 2. The highest BCUT2D eigenvalue weighted by Gasteiger charge is 2.25. The summed E-state index contributed by atoms with van der Waals surface area (Å²) in [4.78, 5) is 27.2. The molecule has 0 aliphatic carbocycles. The summed E-state index contributed by atoms with van der Waals surface area (Å²) in [7, 11) is 0. The Hall–Kier alpha value is -3.54. The third-order valence-electron chi connectivity index (χ3n) is 5.79. The predicted octanol–water partition coefficient (Wildman–Crippen LogP) is 4.88. The lowest BCUT2D eigenvalue weighted by Gasteiger charge is -2.31. The molecule has 0 bridgehead atoms. The lowest BCUT2D eigenvalue weighted by atomic mass is 9.96. The number of para-hydroxylation sites is 1. The molecule has 1 N–H and O–H groups in total. The van der Waals surface area contributed by atoms with Gasteiger partial charge in [-0.1, -0.05) is 48.5 Å². The van der Waals surface area contributed by atoms with Crippen molar-refractivity contribution in [3.05, 3.63) is 72.3 Å². The minimum absolute atomic E-state index is 0.129. The second-order valence-corrected chi connectivity index (χ2v) is 7.91. The third-order valence-corrected chi connectivity index (χ3v) is 5.79. The summed E-state index contributed by atoms with van der Waals surface area (Å²) >= 11 is 0. The van der Waals surface area contributed by atoms with E-state index in [9.17, 15) is 9.59 Å². The van der Waals surface area contributed by atoms with Crippen molar-refractivity contribution in [2.45, 2.75) is 19.8 Å². The molecule has 6 heteroatoms. The first kappa shape index (κ1) is 21.7. The van der Waals surface area contributed by atoms with Gasteiger partial charge in [0, 0.05) is 19.6 Å². The Labute approximate surface area is 188 Å². The molecular weight excluding hydrogens is 404 g/mol. The van der Waals surface area contributed by atoms with Crippen molar-refractivity contribution in [3.8, 4) is 11.5 Å². The van der Waals surface area contributed by atoms with Crippen molar-refractivity contribution < 1.29 is 19.1 Å². The number of rotatable bonds is 6. The second-order valence-electron chi connectivity index (χ2n) is 7.91. The zero-order chi connectivity index (χ0) is 22.3. The number of nitrogens with one attached hydrogen (secondary N) is 1. The Bertz CT molecular complexity index is 1080. The van der Waals surface area contributed by atoms with E-state index in [4.69, 9.17) is 9.47 Å². The van der Waals surface area contributed by atoms with Gasteiger partial charge in [-0.15, -0.1) is 0 Å². The number of likely N-dealkylation sites (tertiary alicyclic amines) is 1. The molecule has 6 nitrogen and oxygen atoms in total. The number of hydrogen-bond acceptors (Lipinski definition) is 4. The van der Waals surface area contributed by atoms with Crippen LogP contribution in [0.1, 0.15) is 30.1 Å². The number of fused-ring (bicyclic) bond motifs is 1. The average Bonchev–Trinajstić information content (AvgIpc) is 2.83. The number of hydrogen-bond donors (Lipinski definition) is 1. The summed E-state index contributed by atoms with van der Waals surface area (Å²) in [6.45, 7) is 4.20. The number of carbonyl (C=O) groups is 2. The van der Waals surface area contributed by atoms with Crippen LogP contribution in [0.25, 0.3) is 10.8 Å². The van der Waals surface area contributed by atoms with Crippen LogP contribution >= 0.6 is 0 Å². The van der Waals surface area contributed by atoms with Gasteiger partial charge in [-0.3, -0.25) is 4.79 Å². The van der Waals surface area contributed by atoms with Crippen LogP contribution in [0.4, 0.5) is 4.79 Å². The van der Waals surface area contributed by atoms with E-state index in [1.54, 1.807) is 17.0 Å². The largest absolute Gasteiger partial charge is 0.493 e. The SMILES string of the molecule is CCOc1ccc2ccccc2c1C(=O)NCC1CCN(C(=O)Oc2ccccc2)CC1. The molecule has 1 heterocycles. The lowest BCUT2D eigenvalue weighted by molar-refractivity contribution is 0.0929. The minimum atomic E-state index is -0.323. The Morgan fingerprint density at radius 1 is 0.969 bits per heavy atom. The highest BCUT2D eigenvalue weighted by atomic mass is 16.6. The fraction of sp³-hybridized carbons (Fsp3) is 0.308. The van der Waals surface area contributed by atoms with Crippen LogP contribution in [0.15, 0.2) is 66.7 Å². The molecule has 32 heavy (non-hydrogen) atoms. The molecule has 166 valence electrons. The first-order valence-electron chi connectivity index (χ1n) is 11.1. The molecule has 1 aliphatic rings. The molecule has 0 unspecified atom stereocenters. The van der Waals surface area contributed by atoms with Gasteiger partial charge >= 0.3 is 6.09 Å². The molecule has 0 radical (unpaired) electrons. The van der Waals surface area contributed by atoms with Crippen LogP contribution < -0.4 is 14.8 Å². The number of ether oxygens (including phenoxy) is 2. The van der Waals surface area contributed by atoms with Gasteiger partial charge < -0.3 is 19.7 Å². The molecule has 1 aliphatic heterocycles. The van der Waals surface area contributed by atoms with E-state index < -0.39 is 0 Å². The van der Waals surface area contributed by atoms with E-state index in [2.05, 4.69) is 5.32 Å². The standard InChI is InChI=1S/C26H28N2O4/c1-2-31-23-13-12-20-8-6-7-11-22(20)24(23)25(29)27-18-19-14-16-28(17-15-19)26(30)32-21-9-4-3-5-10-21/h3-13,19H,2,14-18H2,1H3,(H,27,29). The Kier molecular flexibility index (Phi) is 6.90. The van der Waals surface area contributed by atoms with Crippen molar-refractivity contribution in [2.24, 2.45) is 5.92 Å². The molecule has 3 aromatic rings. The topological polar surface area (TPSA) is 67.9 Å². The number of nitrogens with zero attached hydrogens (tertiary/aromatic N) is 1. The van der Waals surface area contributed by atoms with Gasteiger partial charge in [0.15, 0.2) is 0 Å². The zero-order valence-corrected chi connectivity index (χ0v) is 18.3. The molecule has 2 amide bonds. The number of carbonyl (C=O) groups excluding carboxylic acids is 2. The molecule has 0 spiro atoms. The molecule has 0 atom stereocenters. The van der Waals surface area contributed by atoms with Crippen LogP contribution in [0, 0.1) is 5.92 Å². The Morgan fingerprint density at radius 2 is 1.69 bits per heavy atom. The molecule has 0 saturated carbocycles. The van der Waals surface area contributed by atoms with Gasteiger partial charge in [0.1, 0.15) is 11.5 Å². The summed E-state index contributed by atoms with van der Waals surface area (Å²) in [5.41, 5.74) is 0.578. The maximum absolute atomic E-state index is 13.1. The van der Waals surface area contributed by atoms with Gasteiger partial charge in [0.2, 0.25) is 0 Å². The first-order chi connectivity index (χ1) is 15.7. The maximum atomic E-state index is 13.1. The van der Waals surface area contributed by atoms with Gasteiger partial charge in [-0.2, -0.15) is 0 Å². The quantitative estimate of drug-likeness (QED) is 0.603. The van der Waals surface area contributed by atoms with Crippen molar-refractivity contribution in [3.63, 3.8) is 0 Å². The van der Waals surface area contributed by atoms with Crippen LogP contribution in [-0.4, -0.2) is 43.1 Å². The highest BCUT2D eigenvalue weighted by molar-refractivity contribution is 6.09. The summed E-state index contributed by atoms with van der Waals surface area (Å²) in [6, 6.07) is 20.8. The van der Waals surface area contributed by atoms with Crippen LogP contribution in [0.3, 0.4) is 0 Å². The molecule has 4 rings (SSSR count). The highest BCUT2D eigenvalue weighted by Crippen LogP contribution is 2.28. The summed E-state index contributed by atoms with van der Waals surface area (Å²) in [5.74, 6) is 1.33. The van der Waals surface area contributed by atoms with E-state index in [1.807, 2.05) is 61.5 Å². The molecule has 1 saturated heterocycles. The van der Waals surface area contributed by atoms with Crippen LogP contribution in [0.2, 0.25) is 0 Å². The summed E-state index contributed by atoms with van der Waals surface area (Å²) in [5, 5.41) is 4.98. The Balaban J connectivity index is 1.34. The lowest BCUT2D eigenvalue weighted by Crippen LogP contribution is -2.42. The molecule has 3 aromatic carbocycles. The molecular formula is C26H28N2O4. The van der Waals surface area contributed by atoms with Gasteiger partial charge in [0.25, 0.3) is 5.91 Å². The summed E-state index contributed by atoms with van der Waals surface area (Å²) in [6.07, 6.45) is 1.31. The fourth-order valence-corrected chi connectivity index (χ4v) is 4.06. The number of piperidine rings is 1. The Morgan fingerprint density at radius 3 is 2.44 bits per heavy atom. The van der Waals surface area contributed by atoms with Crippen molar-refractivity contribution >= 4 is 22.8 Å². The third kappa shape index (κ3) is 5.02. The average molecular weight is 433 g/mol. The second kappa shape index (κ2) is 10.2. The van der Waals surface area contributed by atoms with Gasteiger partial charge in [-0.25, -0.2) is 4.79 Å². The van der Waals surface area contributed by atoms with E-state index in [-0.39, 0.29) is 12.0 Å². The summed E-state index contributed by atoms with van der Waals surface area (Å²) < 4.78 is 11.2. The fourth-order valence-electron chi connectivity index (χ4n) is 4.06. The van der Waals surface area contributed by atoms with E-state index >= 15 is 0 Å². The van der Waals surface area contributed by atoms with E-state index in [0.717, 1.165) is 23.6 Å². The van der Waals surface area contributed by atoms with Gasteiger partial charge in [-0.05, 0) is 54.7 Å². The molecule has 0 aromatic heterocycles. The molecule has 1 fully saturated rings. The van der Waals surface area contributed by atoms with Crippen molar-refractivity contribution in [2.75, 3.05) is 26.2 Å². The smallest absolute Gasteiger partial charge is 0.415 e. The van der Waals surface area contributed by atoms with Crippen molar-refractivity contribution in [1.82, 2.24) is 10.2 Å². The van der Waals surface area contributed by atoms with Crippen molar-refractivity contribution in [1.29, 1.82) is 0 Å². The normalized spacial score (nSPS) is 14.2. The first-order valence-corrected chi connectivity index (χ1v) is 11.1. The number of benzene rings is 3. The van der Waals surface area contributed by atoms with Crippen LogP contribution in [-0.2, 0) is 0 Å². The predicted molar refractivity (Wildman–Crippen MR) is 124 cm³/mol. The maximum Gasteiger partial charge on any atom is 0.415 e. The monoisotopic (exact) mass is 432 g/mol. The van der Waals surface area contributed by atoms with E-state index in [1.165, 1.54) is 0 Å². The minimum Gasteiger partial charge on any atom is -0.493 e. The van der Waals surface area contributed by atoms with Crippen LogP contribution in [0.5, 0.6) is 11.5 Å².